The van der Waals surface area contributed by atoms with Gasteiger partial charge < -0.3 is 5.32 Å². The second-order valence-corrected chi connectivity index (χ2v) is 6.45. The van der Waals surface area contributed by atoms with Crippen LogP contribution in [0.2, 0.25) is 5.02 Å². The summed E-state index contributed by atoms with van der Waals surface area (Å²) in [5.41, 5.74) is 1.59. The smallest absolute Gasteiger partial charge is 0.306 e. The summed E-state index contributed by atoms with van der Waals surface area (Å²) in [5.74, 6) is 0. The largest absolute Gasteiger partial charge is 0.327 e. The van der Waals surface area contributed by atoms with Crippen LogP contribution >= 0.6 is 38.9 Å². The summed E-state index contributed by atoms with van der Waals surface area (Å²) in [5, 5.41) is 11.4. The molecule has 0 saturated carbocycles. The summed E-state index contributed by atoms with van der Waals surface area (Å²) in [4.78, 5) is 13.4. The van der Waals surface area contributed by atoms with Crippen LogP contribution in [0.5, 0.6) is 0 Å². The molecule has 1 aromatic carbocycles. The maximum absolute atomic E-state index is 12.1. The number of carbonyl (C=O) groups excluding carboxylic acids is 1. The molecule has 0 saturated heterocycles. The molecule has 2 rings (SSSR count). The number of aryl methyl sites for hydroxylation is 1. The minimum atomic E-state index is -0.323. The van der Waals surface area contributed by atoms with Crippen molar-refractivity contribution in [2.75, 3.05) is 17.3 Å². The predicted octanol–water partition coefficient (Wildman–Crippen LogP) is 3.93. The first-order valence-corrected chi connectivity index (χ1v) is 7.26. The van der Waals surface area contributed by atoms with Crippen LogP contribution in [0.15, 0.2) is 22.1 Å². The fraction of sp³-hybridized carbons (Fsp3) is 0.182. The number of amides is 2. The fourth-order valence-electron chi connectivity index (χ4n) is 1.35. The number of hydrogen-bond acceptors (Lipinski definition) is 4. The monoisotopic (exact) mass is 360 g/mol. The molecular weight excluding hydrogens is 352 g/mol. The second kappa shape index (κ2) is 5.85. The molecule has 1 heterocycles. The quantitative estimate of drug-likeness (QED) is 0.881. The average Bonchev–Trinajstić information content (AvgIpc) is 2.79. The third-order valence-corrected chi connectivity index (χ3v) is 4.11. The van der Waals surface area contributed by atoms with Gasteiger partial charge in [-0.2, -0.15) is 0 Å². The van der Waals surface area contributed by atoms with Gasteiger partial charge in [0.15, 0.2) is 3.92 Å². The lowest BCUT2D eigenvalue weighted by Gasteiger charge is -2.15. The Kier molecular flexibility index (Phi) is 4.38. The Morgan fingerprint density at radius 2 is 2.21 bits per heavy atom. The zero-order valence-electron chi connectivity index (χ0n) is 10.1. The molecule has 2 aromatic rings. The summed E-state index contributed by atoms with van der Waals surface area (Å²) in [6.07, 6.45) is 0. The van der Waals surface area contributed by atoms with Crippen molar-refractivity contribution in [1.82, 2.24) is 10.2 Å². The summed E-state index contributed by atoms with van der Waals surface area (Å²) < 4.78 is 0.621. The van der Waals surface area contributed by atoms with Crippen LogP contribution in [-0.2, 0) is 0 Å². The van der Waals surface area contributed by atoms with Crippen molar-refractivity contribution in [3.8, 4) is 0 Å². The molecule has 0 fully saturated rings. The van der Waals surface area contributed by atoms with Gasteiger partial charge in [0.1, 0.15) is 0 Å². The first-order chi connectivity index (χ1) is 8.97. The first-order valence-electron chi connectivity index (χ1n) is 5.27. The van der Waals surface area contributed by atoms with E-state index in [-0.39, 0.29) is 6.03 Å². The van der Waals surface area contributed by atoms with E-state index in [4.69, 9.17) is 11.6 Å². The number of aromatic nitrogens is 2. The molecule has 0 radical (unpaired) electrons. The van der Waals surface area contributed by atoms with E-state index in [1.54, 1.807) is 13.1 Å². The van der Waals surface area contributed by atoms with Crippen molar-refractivity contribution in [2.45, 2.75) is 6.92 Å². The Balaban J connectivity index is 2.14. The van der Waals surface area contributed by atoms with E-state index in [1.807, 2.05) is 19.1 Å². The van der Waals surface area contributed by atoms with E-state index in [0.717, 1.165) is 5.56 Å². The van der Waals surface area contributed by atoms with Gasteiger partial charge in [-0.05, 0) is 40.5 Å². The molecule has 0 bridgehead atoms. The summed E-state index contributed by atoms with van der Waals surface area (Å²) in [6.45, 7) is 1.93. The number of nitrogens with zero attached hydrogens (tertiary/aromatic N) is 3. The number of carbonyl (C=O) groups is 1. The van der Waals surface area contributed by atoms with Gasteiger partial charge in [-0.25, -0.2) is 4.79 Å². The third-order valence-electron chi connectivity index (χ3n) is 2.34. The van der Waals surface area contributed by atoms with Crippen LogP contribution in [-0.4, -0.2) is 23.3 Å². The van der Waals surface area contributed by atoms with Gasteiger partial charge in [0.05, 0.1) is 10.7 Å². The maximum Gasteiger partial charge on any atom is 0.327 e. The Labute approximate surface area is 127 Å². The first kappa shape index (κ1) is 14.2. The minimum Gasteiger partial charge on any atom is -0.306 e. The summed E-state index contributed by atoms with van der Waals surface area (Å²) in [6, 6.07) is 5.11. The van der Waals surface area contributed by atoms with Crippen molar-refractivity contribution in [2.24, 2.45) is 0 Å². The predicted molar refractivity (Wildman–Crippen MR) is 81.2 cm³/mol. The number of halogens is 2. The number of nitrogens with one attached hydrogen (secondary N) is 1. The molecule has 0 aliphatic carbocycles. The molecule has 0 atom stereocenters. The number of urea groups is 1. The van der Waals surface area contributed by atoms with Gasteiger partial charge >= 0.3 is 6.03 Å². The molecule has 0 aliphatic heterocycles. The number of anilines is 2. The lowest BCUT2D eigenvalue weighted by Crippen LogP contribution is -2.31. The van der Waals surface area contributed by atoms with Crippen molar-refractivity contribution in [3.05, 3.63) is 32.7 Å². The zero-order valence-corrected chi connectivity index (χ0v) is 13.3. The van der Waals surface area contributed by atoms with Crippen LogP contribution < -0.4 is 10.2 Å². The van der Waals surface area contributed by atoms with Crippen LogP contribution in [0.25, 0.3) is 0 Å². The van der Waals surface area contributed by atoms with Gasteiger partial charge in [0, 0.05) is 7.05 Å². The average molecular weight is 362 g/mol. The highest BCUT2D eigenvalue weighted by molar-refractivity contribution is 9.11. The van der Waals surface area contributed by atoms with E-state index < -0.39 is 0 Å². The number of rotatable bonds is 2. The Hall–Kier alpha value is -1.18. The van der Waals surface area contributed by atoms with Crippen molar-refractivity contribution < 1.29 is 4.79 Å². The van der Waals surface area contributed by atoms with E-state index in [2.05, 4.69) is 31.4 Å². The van der Waals surface area contributed by atoms with E-state index >= 15 is 0 Å². The van der Waals surface area contributed by atoms with E-state index in [1.165, 1.54) is 16.2 Å². The Morgan fingerprint density at radius 1 is 1.47 bits per heavy atom. The Morgan fingerprint density at radius 3 is 2.84 bits per heavy atom. The molecule has 0 spiro atoms. The zero-order chi connectivity index (χ0) is 14.0. The van der Waals surface area contributed by atoms with Crippen LogP contribution in [0.3, 0.4) is 0 Å². The number of benzene rings is 1. The normalized spacial score (nSPS) is 10.3. The standard InChI is InChI=1S/C11H10BrClN4OS/c1-6-3-4-7(13)8(5-6)14-10(18)17(2)11-16-15-9(12)19-11/h3-5H,1-2H3,(H,14,18). The molecule has 5 nitrogen and oxygen atoms in total. The summed E-state index contributed by atoms with van der Waals surface area (Å²) >= 11 is 10.5. The highest BCUT2D eigenvalue weighted by atomic mass is 79.9. The van der Waals surface area contributed by atoms with Crippen LogP contribution in [0.1, 0.15) is 5.56 Å². The van der Waals surface area contributed by atoms with Gasteiger partial charge in [0.2, 0.25) is 5.13 Å². The van der Waals surface area contributed by atoms with Crippen molar-refractivity contribution in [1.29, 1.82) is 0 Å². The lowest BCUT2D eigenvalue weighted by molar-refractivity contribution is 0.258. The van der Waals surface area contributed by atoms with Crippen LogP contribution in [0.4, 0.5) is 15.6 Å². The van der Waals surface area contributed by atoms with E-state index in [9.17, 15) is 4.79 Å². The minimum absolute atomic E-state index is 0.323. The molecule has 100 valence electrons. The molecule has 8 heteroatoms. The van der Waals surface area contributed by atoms with E-state index in [0.29, 0.717) is 19.8 Å². The fourth-order valence-corrected chi connectivity index (χ4v) is 2.57. The second-order valence-electron chi connectivity index (χ2n) is 3.81. The van der Waals surface area contributed by atoms with Crippen molar-refractivity contribution >= 4 is 55.7 Å². The Bertz CT molecular complexity index is 618. The maximum atomic E-state index is 12.1. The molecule has 0 aliphatic rings. The molecular formula is C11H10BrClN4OS. The molecule has 2 amide bonds. The summed E-state index contributed by atoms with van der Waals surface area (Å²) in [7, 11) is 1.62. The van der Waals surface area contributed by atoms with Gasteiger partial charge in [-0.15, -0.1) is 10.2 Å². The number of hydrogen-bond donors (Lipinski definition) is 1. The molecule has 19 heavy (non-hydrogen) atoms. The molecule has 0 unspecified atom stereocenters. The van der Waals surface area contributed by atoms with Gasteiger partial charge in [-0.3, -0.25) is 4.90 Å². The molecule has 1 aromatic heterocycles. The lowest BCUT2D eigenvalue weighted by atomic mass is 10.2. The van der Waals surface area contributed by atoms with Crippen LogP contribution in [0, 0.1) is 6.92 Å². The molecule has 1 N–H and O–H groups in total. The highest BCUT2D eigenvalue weighted by Crippen LogP contribution is 2.26. The van der Waals surface area contributed by atoms with Crippen molar-refractivity contribution in [3.63, 3.8) is 0 Å². The third kappa shape index (κ3) is 3.43. The van der Waals surface area contributed by atoms with Gasteiger partial charge in [-0.1, -0.05) is 29.0 Å². The van der Waals surface area contributed by atoms with Gasteiger partial charge in [0.25, 0.3) is 0 Å². The topological polar surface area (TPSA) is 58.1 Å². The highest BCUT2D eigenvalue weighted by Gasteiger charge is 2.16. The SMILES string of the molecule is Cc1ccc(Cl)c(NC(=O)N(C)c2nnc(Br)s2)c1.